The molecule has 0 radical (unpaired) electrons. The first kappa shape index (κ1) is 19.9. The Morgan fingerprint density at radius 3 is 2.22 bits per heavy atom. The molecule has 0 fully saturated rings. The number of aryl methyl sites for hydroxylation is 1. The SMILES string of the molecule is CCCCC(CCCC(C)C)C(=O)c1ccc(C)c(C(C)C)c1. The van der Waals surface area contributed by atoms with Crippen LogP contribution in [0.4, 0.5) is 0 Å². The maximum absolute atomic E-state index is 13.0. The van der Waals surface area contributed by atoms with Crippen molar-refractivity contribution in [2.24, 2.45) is 11.8 Å². The monoisotopic (exact) mass is 316 g/mol. The van der Waals surface area contributed by atoms with Gasteiger partial charge < -0.3 is 0 Å². The Morgan fingerprint density at radius 1 is 1.00 bits per heavy atom. The van der Waals surface area contributed by atoms with Crippen molar-refractivity contribution in [2.45, 2.75) is 86.0 Å². The van der Waals surface area contributed by atoms with Crippen molar-refractivity contribution < 1.29 is 4.79 Å². The Labute approximate surface area is 143 Å². The highest BCUT2D eigenvalue weighted by molar-refractivity contribution is 5.98. The average Bonchev–Trinajstić information content (AvgIpc) is 2.49. The lowest BCUT2D eigenvalue weighted by Crippen LogP contribution is -2.16. The Bertz CT molecular complexity index is 485. The van der Waals surface area contributed by atoms with Gasteiger partial charge in [0.2, 0.25) is 0 Å². The molecule has 0 aromatic heterocycles. The van der Waals surface area contributed by atoms with Crippen LogP contribution in [-0.4, -0.2) is 5.78 Å². The Hall–Kier alpha value is -1.11. The number of hydrogen-bond acceptors (Lipinski definition) is 1. The van der Waals surface area contributed by atoms with Gasteiger partial charge in [0.1, 0.15) is 0 Å². The van der Waals surface area contributed by atoms with Crippen LogP contribution in [0.2, 0.25) is 0 Å². The zero-order chi connectivity index (χ0) is 17.4. The number of carbonyl (C=O) groups excluding carboxylic acids is 1. The molecule has 0 heterocycles. The lowest BCUT2D eigenvalue weighted by Gasteiger charge is -2.18. The Morgan fingerprint density at radius 2 is 1.65 bits per heavy atom. The molecule has 1 atom stereocenters. The van der Waals surface area contributed by atoms with E-state index in [1.165, 1.54) is 30.4 Å². The van der Waals surface area contributed by atoms with Crippen LogP contribution in [0.3, 0.4) is 0 Å². The fourth-order valence-electron chi connectivity index (χ4n) is 3.28. The number of ketones is 1. The molecule has 23 heavy (non-hydrogen) atoms. The van der Waals surface area contributed by atoms with E-state index in [0.717, 1.165) is 30.7 Å². The first-order chi connectivity index (χ1) is 10.9. The van der Waals surface area contributed by atoms with Crippen molar-refractivity contribution in [3.05, 3.63) is 34.9 Å². The molecule has 1 aromatic carbocycles. The molecule has 0 saturated heterocycles. The average molecular weight is 317 g/mol. The topological polar surface area (TPSA) is 17.1 Å². The molecule has 1 rings (SSSR count). The molecule has 0 bridgehead atoms. The normalized spacial score (nSPS) is 12.9. The maximum Gasteiger partial charge on any atom is 0.165 e. The zero-order valence-corrected chi connectivity index (χ0v) is 16.1. The van der Waals surface area contributed by atoms with Crippen molar-refractivity contribution in [3.63, 3.8) is 0 Å². The Balaban J connectivity index is 2.88. The molecular weight excluding hydrogens is 280 g/mol. The summed E-state index contributed by atoms with van der Waals surface area (Å²) in [6.45, 7) is 13.3. The largest absolute Gasteiger partial charge is 0.294 e. The Kier molecular flexibility index (Phi) is 8.58. The molecule has 1 heteroatoms. The molecule has 0 spiro atoms. The molecule has 0 aliphatic carbocycles. The van der Waals surface area contributed by atoms with E-state index in [1.54, 1.807) is 0 Å². The smallest absolute Gasteiger partial charge is 0.165 e. The van der Waals surface area contributed by atoms with Gasteiger partial charge in [-0.15, -0.1) is 0 Å². The number of unbranched alkanes of at least 4 members (excludes halogenated alkanes) is 1. The number of hydrogen-bond donors (Lipinski definition) is 0. The standard InChI is InChI=1S/C22H36O/c1-7-8-11-19(12-9-10-16(2)3)22(23)20-14-13-18(6)21(15-20)17(4)5/h13-17,19H,7-12H2,1-6H3. The fraction of sp³-hybridized carbons (Fsp3) is 0.682. The van der Waals surface area contributed by atoms with Crippen molar-refractivity contribution in [2.75, 3.05) is 0 Å². The summed E-state index contributed by atoms with van der Waals surface area (Å²) in [6, 6.07) is 6.29. The molecule has 1 nitrogen and oxygen atoms in total. The summed E-state index contributed by atoms with van der Waals surface area (Å²) in [5, 5.41) is 0. The van der Waals surface area contributed by atoms with Gasteiger partial charge in [-0.1, -0.05) is 72.4 Å². The molecule has 0 amide bonds. The minimum Gasteiger partial charge on any atom is -0.294 e. The lowest BCUT2D eigenvalue weighted by atomic mass is 9.85. The van der Waals surface area contributed by atoms with Crippen LogP contribution in [0.25, 0.3) is 0 Å². The van der Waals surface area contributed by atoms with Crippen LogP contribution in [0.1, 0.15) is 101 Å². The van der Waals surface area contributed by atoms with E-state index in [1.807, 2.05) is 6.07 Å². The zero-order valence-electron chi connectivity index (χ0n) is 16.1. The van der Waals surface area contributed by atoms with Gasteiger partial charge in [-0.3, -0.25) is 4.79 Å². The van der Waals surface area contributed by atoms with E-state index in [2.05, 4.69) is 53.7 Å². The minimum absolute atomic E-state index is 0.205. The summed E-state index contributed by atoms with van der Waals surface area (Å²) in [6.07, 6.45) is 6.79. The summed E-state index contributed by atoms with van der Waals surface area (Å²) in [5.74, 6) is 1.77. The van der Waals surface area contributed by atoms with E-state index < -0.39 is 0 Å². The van der Waals surface area contributed by atoms with Crippen LogP contribution in [0.5, 0.6) is 0 Å². The third kappa shape index (κ3) is 6.49. The number of benzene rings is 1. The maximum atomic E-state index is 13.0. The van der Waals surface area contributed by atoms with Gasteiger partial charge in [-0.25, -0.2) is 0 Å². The van der Waals surface area contributed by atoms with E-state index in [0.29, 0.717) is 11.7 Å². The predicted octanol–water partition coefficient (Wildman–Crippen LogP) is 6.93. The number of rotatable bonds is 10. The highest BCUT2D eigenvalue weighted by Gasteiger charge is 2.20. The van der Waals surface area contributed by atoms with E-state index in [4.69, 9.17) is 0 Å². The molecule has 0 aliphatic heterocycles. The van der Waals surface area contributed by atoms with Crippen molar-refractivity contribution in [1.82, 2.24) is 0 Å². The van der Waals surface area contributed by atoms with Crippen LogP contribution >= 0.6 is 0 Å². The van der Waals surface area contributed by atoms with Crippen molar-refractivity contribution in [1.29, 1.82) is 0 Å². The summed E-state index contributed by atoms with van der Waals surface area (Å²) in [4.78, 5) is 13.0. The van der Waals surface area contributed by atoms with Gasteiger partial charge in [0.05, 0.1) is 0 Å². The predicted molar refractivity (Wildman–Crippen MR) is 101 cm³/mol. The van der Waals surface area contributed by atoms with Gasteiger partial charge >= 0.3 is 0 Å². The summed E-state index contributed by atoms with van der Waals surface area (Å²) < 4.78 is 0. The lowest BCUT2D eigenvalue weighted by molar-refractivity contribution is 0.0901. The summed E-state index contributed by atoms with van der Waals surface area (Å²) in [5.41, 5.74) is 3.53. The van der Waals surface area contributed by atoms with Crippen LogP contribution < -0.4 is 0 Å². The highest BCUT2D eigenvalue weighted by atomic mass is 16.1. The summed E-state index contributed by atoms with van der Waals surface area (Å²) >= 11 is 0. The van der Waals surface area contributed by atoms with Gasteiger partial charge in [-0.2, -0.15) is 0 Å². The third-order valence-corrected chi connectivity index (χ3v) is 4.80. The number of carbonyl (C=O) groups is 1. The quantitative estimate of drug-likeness (QED) is 0.427. The van der Waals surface area contributed by atoms with Crippen molar-refractivity contribution >= 4 is 5.78 Å². The van der Waals surface area contributed by atoms with Gasteiger partial charge in [-0.05, 0) is 48.8 Å². The third-order valence-electron chi connectivity index (χ3n) is 4.80. The van der Waals surface area contributed by atoms with E-state index in [-0.39, 0.29) is 5.92 Å². The van der Waals surface area contributed by atoms with Gasteiger partial charge in [0.15, 0.2) is 5.78 Å². The van der Waals surface area contributed by atoms with Gasteiger partial charge in [0, 0.05) is 11.5 Å². The fourth-order valence-corrected chi connectivity index (χ4v) is 3.28. The second-order valence-electron chi connectivity index (χ2n) is 7.75. The highest BCUT2D eigenvalue weighted by Crippen LogP contribution is 2.26. The molecule has 1 unspecified atom stereocenters. The molecule has 130 valence electrons. The molecule has 0 N–H and O–H groups in total. The summed E-state index contributed by atoms with van der Waals surface area (Å²) in [7, 11) is 0. The van der Waals surface area contributed by atoms with Crippen molar-refractivity contribution in [3.8, 4) is 0 Å². The first-order valence-corrected chi connectivity index (χ1v) is 9.51. The number of Topliss-reactive ketones (excluding diaryl/α,β-unsaturated/α-hetero) is 1. The molecular formula is C22H36O. The van der Waals surface area contributed by atoms with Crippen LogP contribution in [0.15, 0.2) is 18.2 Å². The molecule has 1 aromatic rings. The van der Waals surface area contributed by atoms with E-state index >= 15 is 0 Å². The van der Waals surface area contributed by atoms with Crippen LogP contribution in [0, 0.1) is 18.8 Å². The minimum atomic E-state index is 0.205. The van der Waals surface area contributed by atoms with E-state index in [9.17, 15) is 4.79 Å². The first-order valence-electron chi connectivity index (χ1n) is 9.51. The molecule has 0 saturated carbocycles. The second-order valence-corrected chi connectivity index (χ2v) is 7.75. The second kappa shape index (κ2) is 9.90. The van der Waals surface area contributed by atoms with Gasteiger partial charge in [0.25, 0.3) is 0 Å². The molecule has 0 aliphatic rings. The van der Waals surface area contributed by atoms with Crippen LogP contribution in [-0.2, 0) is 0 Å².